The van der Waals surface area contributed by atoms with E-state index in [1.807, 2.05) is 27.7 Å². The average Bonchev–Trinajstić information content (AvgIpc) is 3.25. The molecule has 37 heavy (non-hydrogen) atoms. The van der Waals surface area contributed by atoms with Crippen LogP contribution in [-0.4, -0.2) is 60.2 Å². The Kier molecular flexibility index (Phi) is 7.57. The van der Waals surface area contributed by atoms with Gasteiger partial charge in [0.05, 0.1) is 38.0 Å². The van der Waals surface area contributed by atoms with E-state index in [0.717, 1.165) is 32.1 Å². The lowest BCUT2D eigenvalue weighted by Gasteiger charge is -2.58. The van der Waals surface area contributed by atoms with Gasteiger partial charge in [-0.25, -0.2) is 9.48 Å². The number of aromatic nitrogens is 2. The molecule has 4 bridgehead atoms. The highest BCUT2D eigenvalue weighted by atomic mass is 16.5. The van der Waals surface area contributed by atoms with Gasteiger partial charge in [0.15, 0.2) is 0 Å². The summed E-state index contributed by atoms with van der Waals surface area (Å²) >= 11 is 0. The molecular formula is C27H40N4O6. The second-order valence-corrected chi connectivity index (χ2v) is 11.9. The zero-order chi connectivity index (χ0) is 27.0. The van der Waals surface area contributed by atoms with E-state index in [0.29, 0.717) is 24.0 Å². The second kappa shape index (κ2) is 10.4. The number of amides is 2. The Bertz CT molecular complexity index is 1050. The number of carbonyl (C=O) groups excluding carboxylic acids is 3. The predicted molar refractivity (Wildman–Crippen MR) is 137 cm³/mol. The molecule has 10 heteroatoms. The number of hydrogen-bond acceptors (Lipinski definition) is 7. The third-order valence-corrected chi connectivity index (χ3v) is 7.98. The minimum Gasteiger partial charge on any atom is -0.477 e. The van der Waals surface area contributed by atoms with Crippen LogP contribution in [-0.2, 0) is 14.3 Å². The molecule has 2 atom stereocenters. The topological polar surface area (TPSA) is 121 Å². The van der Waals surface area contributed by atoms with Crippen molar-refractivity contribution in [3.05, 3.63) is 17.8 Å². The maximum atomic E-state index is 13.5. The lowest BCUT2D eigenvalue weighted by atomic mass is 9.48. The first-order chi connectivity index (χ1) is 17.5. The van der Waals surface area contributed by atoms with Gasteiger partial charge < -0.3 is 24.8 Å². The van der Waals surface area contributed by atoms with Crippen molar-refractivity contribution in [2.75, 3.05) is 20.8 Å². The van der Waals surface area contributed by atoms with E-state index in [-0.39, 0.29) is 35.7 Å². The van der Waals surface area contributed by atoms with Crippen molar-refractivity contribution >= 4 is 24.2 Å². The van der Waals surface area contributed by atoms with Crippen LogP contribution < -0.4 is 15.4 Å². The largest absolute Gasteiger partial charge is 0.477 e. The molecule has 2 unspecified atom stereocenters. The predicted octanol–water partition coefficient (Wildman–Crippen LogP) is 3.62. The monoisotopic (exact) mass is 516 g/mol. The molecule has 0 saturated heterocycles. The molecule has 0 spiro atoms. The molecule has 1 heterocycles. The zero-order valence-corrected chi connectivity index (χ0v) is 22.7. The summed E-state index contributed by atoms with van der Waals surface area (Å²) in [6.45, 7) is 8.12. The highest BCUT2D eigenvalue weighted by Gasteiger charge is 2.59. The summed E-state index contributed by atoms with van der Waals surface area (Å²) in [4.78, 5) is 37.8. The van der Waals surface area contributed by atoms with Crippen molar-refractivity contribution in [2.24, 2.45) is 29.1 Å². The summed E-state index contributed by atoms with van der Waals surface area (Å²) in [7, 11) is 2.78. The molecule has 1 aromatic heterocycles. The van der Waals surface area contributed by atoms with Crippen LogP contribution in [0.3, 0.4) is 0 Å². The Morgan fingerprint density at radius 1 is 1.16 bits per heavy atom. The van der Waals surface area contributed by atoms with Gasteiger partial charge in [-0.2, -0.15) is 5.10 Å². The lowest BCUT2D eigenvalue weighted by molar-refractivity contribution is -0.170. The molecule has 4 saturated carbocycles. The zero-order valence-electron chi connectivity index (χ0n) is 22.7. The van der Waals surface area contributed by atoms with Crippen LogP contribution in [0.1, 0.15) is 70.2 Å². The van der Waals surface area contributed by atoms with E-state index < -0.39 is 17.0 Å². The SMILES string of the molecule is COC(=O)NC(C)(C)C=Cn1ncc(C(=O)NC2C3CC4CC2CC(C(=O)OC)(C4)C3)c1OCC(C)C. The fourth-order valence-electron chi connectivity index (χ4n) is 6.57. The number of hydrogen-bond donors (Lipinski definition) is 2. The number of carbonyl (C=O) groups is 3. The lowest BCUT2D eigenvalue weighted by Crippen LogP contribution is -2.61. The summed E-state index contributed by atoms with van der Waals surface area (Å²) < 4.78 is 17.4. The molecule has 2 N–H and O–H groups in total. The minimum atomic E-state index is -0.716. The average molecular weight is 517 g/mol. The van der Waals surface area contributed by atoms with Crippen LogP contribution in [0.4, 0.5) is 4.79 Å². The van der Waals surface area contributed by atoms with Crippen molar-refractivity contribution < 1.29 is 28.6 Å². The second-order valence-electron chi connectivity index (χ2n) is 11.9. The number of nitrogens with one attached hydrogen (secondary N) is 2. The summed E-state index contributed by atoms with van der Waals surface area (Å²) in [6, 6.07) is 0.0156. The highest BCUT2D eigenvalue weighted by Crippen LogP contribution is 2.60. The molecule has 0 aliphatic heterocycles. The van der Waals surface area contributed by atoms with Gasteiger partial charge in [-0.3, -0.25) is 9.59 Å². The number of ether oxygens (including phenoxy) is 3. The van der Waals surface area contributed by atoms with E-state index in [1.54, 1.807) is 12.3 Å². The summed E-state index contributed by atoms with van der Waals surface area (Å²) in [5.41, 5.74) is -0.744. The fourth-order valence-corrected chi connectivity index (χ4v) is 6.57. The molecule has 2 amide bonds. The van der Waals surface area contributed by atoms with E-state index in [4.69, 9.17) is 14.2 Å². The quantitative estimate of drug-likeness (QED) is 0.481. The van der Waals surface area contributed by atoms with Crippen LogP contribution in [0.25, 0.3) is 6.20 Å². The van der Waals surface area contributed by atoms with Gasteiger partial charge in [-0.1, -0.05) is 13.8 Å². The molecule has 0 aromatic carbocycles. The molecule has 1 aromatic rings. The molecule has 4 aliphatic rings. The van der Waals surface area contributed by atoms with Crippen molar-refractivity contribution in [3.8, 4) is 5.88 Å². The number of esters is 1. The maximum absolute atomic E-state index is 13.5. The maximum Gasteiger partial charge on any atom is 0.407 e. The van der Waals surface area contributed by atoms with Gasteiger partial charge in [-0.15, -0.1) is 0 Å². The first-order valence-corrected chi connectivity index (χ1v) is 13.1. The van der Waals surface area contributed by atoms with E-state index >= 15 is 0 Å². The fraction of sp³-hybridized carbons (Fsp3) is 0.704. The Hall–Kier alpha value is -3.04. The molecular weight excluding hydrogens is 476 g/mol. The first kappa shape index (κ1) is 27.0. The molecule has 204 valence electrons. The molecule has 0 radical (unpaired) electrons. The van der Waals surface area contributed by atoms with Crippen molar-refractivity contribution in [2.45, 2.75) is 71.4 Å². The van der Waals surface area contributed by atoms with Crippen molar-refractivity contribution in [1.29, 1.82) is 0 Å². The van der Waals surface area contributed by atoms with Gasteiger partial charge in [0, 0.05) is 12.2 Å². The number of alkyl carbamates (subject to hydrolysis) is 1. The number of rotatable bonds is 9. The third kappa shape index (κ3) is 5.62. The van der Waals surface area contributed by atoms with Crippen LogP contribution in [0, 0.1) is 29.1 Å². The molecule has 10 nitrogen and oxygen atoms in total. The molecule has 5 rings (SSSR count). The Morgan fingerprint density at radius 3 is 2.43 bits per heavy atom. The molecule has 4 aliphatic carbocycles. The van der Waals surface area contributed by atoms with Gasteiger partial charge in [0.2, 0.25) is 5.88 Å². The highest BCUT2D eigenvalue weighted by molar-refractivity contribution is 5.96. The van der Waals surface area contributed by atoms with Crippen molar-refractivity contribution in [1.82, 2.24) is 20.4 Å². The standard InChI is InChI=1S/C27H40N4O6/c1-16(2)15-37-23-20(14-28-31(23)8-7-26(3,4)30-25(34)36-6)22(32)29-21-18-9-17-10-19(21)13-27(11-17,12-18)24(33)35-5/h7-8,14,16-19,21H,9-13,15H2,1-6H3,(H,29,32)(H,30,34). The summed E-state index contributed by atoms with van der Waals surface area (Å²) in [5, 5.41) is 10.4. The summed E-state index contributed by atoms with van der Waals surface area (Å²) in [5.74, 6) is 1.31. The molecule has 4 fully saturated rings. The Balaban J connectivity index is 1.52. The van der Waals surface area contributed by atoms with E-state index in [9.17, 15) is 14.4 Å². The minimum absolute atomic E-state index is 0.0156. The number of nitrogens with zero attached hydrogens (tertiary/aromatic N) is 2. The van der Waals surface area contributed by atoms with Gasteiger partial charge in [-0.05, 0) is 75.7 Å². The van der Waals surface area contributed by atoms with Crippen LogP contribution in [0.15, 0.2) is 12.3 Å². The van der Waals surface area contributed by atoms with E-state index in [1.165, 1.54) is 25.1 Å². The Labute approximate surface area is 218 Å². The van der Waals surface area contributed by atoms with E-state index in [2.05, 4.69) is 15.7 Å². The van der Waals surface area contributed by atoms with Gasteiger partial charge in [0.1, 0.15) is 5.56 Å². The normalized spacial score (nSPS) is 28.4. The third-order valence-electron chi connectivity index (χ3n) is 7.98. The Morgan fingerprint density at radius 2 is 1.84 bits per heavy atom. The van der Waals surface area contributed by atoms with Gasteiger partial charge >= 0.3 is 12.1 Å². The number of methoxy groups -OCH3 is 2. The van der Waals surface area contributed by atoms with Crippen LogP contribution in [0.2, 0.25) is 0 Å². The summed E-state index contributed by atoms with van der Waals surface area (Å²) in [6.07, 6.45) is 8.88. The van der Waals surface area contributed by atoms with Gasteiger partial charge in [0.25, 0.3) is 5.91 Å². The van der Waals surface area contributed by atoms with Crippen LogP contribution >= 0.6 is 0 Å². The van der Waals surface area contributed by atoms with Crippen molar-refractivity contribution in [3.63, 3.8) is 0 Å². The van der Waals surface area contributed by atoms with Crippen LogP contribution in [0.5, 0.6) is 5.88 Å². The smallest absolute Gasteiger partial charge is 0.407 e. The first-order valence-electron chi connectivity index (χ1n) is 13.1.